The van der Waals surface area contributed by atoms with Crippen LogP contribution in [0.25, 0.3) is 0 Å². The molecule has 0 aliphatic carbocycles. The largest absolute Gasteiger partial charge is 0.478 e. The average Bonchev–Trinajstić information content (AvgIpc) is 2.46. The lowest BCUT2D eigenvalue weighted by molar-refractivity contribution is 0.0695. The standard InChI is InChI=1S/C16H13NO2/c17-11-14(12-6-2-1-3-7-12)10-13-8-4-5-9-15(13)16(18)19/h1-9,14H,10H2,(H,18,19)/t14-/m1/s1. The van der Waals surface area contributed by atoms with E-state index in [1.807, 2.05) is 30.3 Å². The van der Waals surface area contributed by atoms with Crippen molar-refractivity contribution in [1.82, 2.24) is 0 Å². The molecule has 0 spiro atoms. The molecule has 0 saturated heterocycles. The number of rotatable bonds is 4. The Morgan fingerprint density at radius 2 is 1.74 bits per heavy atom. The third-order valence-electron chi connectivity index (χ3n) is 3.03. The SMILES string of the molecule is N#C[C@@H](Cc1ccccc1C(=O)O)c1ccccc1. The van der Waals surface area contributed by atoms with Gasteiger partial charge in [-0.3, -0.25) is 0 Å². The van der Waals surface area contributed by atoms with Crippen LogP contribution in [0.15, 0.2) is 54.6 Å². The van der Waals surface area contributed by atoms with Crippen molar-refractivity contribution >= 4 is 5.97 Å². The van der Waals surface area contributed by atoms with Crippen molar-refractivity contribution in [3.63, 3.8) is 0 Å². The Hall–Kier alpha value is -2.60. The van der Waals surface area contributed by atoms with Crippen LogP contribution in [0.4, 0.5) is 0 Å². The predicted octanol–water partition coefficient (Wildman–Crippen LogP) is 3.23. The second kappa shape index (κ2) is 5.83. The molecule has 0 radical (unpaired) electrons. The third-order valence-corrected chi connectivity index (χ3v) is 3.03. The van der Waals surface area contributed by atoms with Gasteiger partial charge >= 0.3 is 5.97 Å². The minimum Gasteiger partial charge on any atom is -0.478 e. The van der Waals surface area contributed by atoms with Gasteiger partial charge in [-0.05, 0) is 23.6 Å². The fourth-order valence-corrected chi connectivity index (χ4v) is 2.05. The quantitative estimate of drug-likeness (QED) is 0.907. The first-order valence-corrected chi connectivity index (χ1v) is 5.98. The molecule has 1 atom stereocenters. The molecule has 2 aromatic carbocycles. The maximum absolute atomic E-state index is 11.1. The van der Waals surface area contributed by atoms with Gasteiger partial charge in [-0.15, -0.1) is 0 Å². The van der Waals surface area contributed by atoms with E-state index < -0.39 is 5.97 Å². The van der Waals surface area contributed by atoms with E-state index >= 15 is 0 Å². The van der Waals surface area contributed by atoms with Crippen LogP contribution < -0.4 is 0 Å². The summed E-state index contributed by atoms with van der Waals surface area (Å²) >= 11 is 0. The molecule has 3 heteroatoms. The molecule has 1 N–H and O–H groups in total. The molecule has 3 nitrogen and oxygen atoms in total. The minimum absolute atomic E-state index is 0.263. The Bertz CT molecular complexity index is 614. The van der Waals surface area contributed by atoms with Gasteiger partial charge in [0.05, 0.1) is 17.6 Å². The number of nitrogens with zero attached hydrogens (tertiary/aromatic N) is 1. The molecule has 0 fully saturated rings. The van der Waals surface area contributed by atoms with E-state index in [0.29, 0.717) is 12.0 Å². The predicted molar refractivity (Wildman–Crippen MR) is 71.9 cm³/mol. The Balaban J connectivity index is 2.30. The van der Waals surface area contributed by atoms with Crippen LogP contribution in [0, 0.1) is 11.3 Å². The molecule has 0 aromatic heterocycles. The lowest BCUT2D eigenvalue weighted by Crippen LogP contribution is -2.06. The smallest absolute Gasteiger partial charge is 0.335 e. The fraction of sp³-hybridized carbons (Fsp3) is 0.125. The van der Waals surface area contributed by atoms with E-state index in [9.17, 15) is 10.1 Å². The number of carbonyl (C=O) groups is 1. The lowest BCUT2D eigenvalue weighted by Gasteiger charge is -2.11. The molecule has 19 heavy (non-hydrogen) atoms. The Morgan fingerprint density at radius 3 is 2.37 bits per heavy atom. The maximum Gasteiger partial charge on any atom is 0.335 e. The van der Waals surface area contributed by atoms with E-state index in [4.69, 9.17) is 5.11 Å². The summed E-state index contributed by atoms with van der Waals surface area (Å²) in [5.41, 5.74) is 1.86. The number of nitriles is 1. The van der Waals surface area contributed by atoms with Crippen molar-refractivity contribution in [2.45, 2.75) is 12.3 Å². The van der Waals surface area contributed by atoms with Gasteiger partial charge in [0.15, 0.2) is 0 Å². The zero-order valence-corrected chi connectivity index (χ0v) is 10.3. The molecular formula is C16H13NO2. The molecule has 0 aliphatic heterocycles. The van der Waals surface area contributed by atoms with Crippen molar-refractivity contribution in [3.8, 4) is 6.07 Å². The van der Waals surface area contributed by atoms with E-state index in [0.717, 1.165) is 5.56 Å². The highest BCUT2D eigenvalue weighted by atomic mass is 16.4. The van der Waals surface area contributed by atoms with E-state index in [-0.39, 0.29) is 11.5 Å². The van der Waals surface area contributed by atoms with Gasteiger partial charge in [-0.2, -0.15) is 5.26 Å². The molecule has 0 amide bonds. The molecule has 0 unspecified atom stereocenters. The molecule has 0 heterocycles. The number of hydrogen-bond donors (Lipinski definition) is 1. The average molecular weight is 251 g/mol. The third kappa shape index (κ3) is 2.99. The van der Waals surface area contributed by atoms with Gasteiger partial charge in [0.1, 0.15) is 0 Å². The highest BCUT2D eigenvalue weighted by Crippen LogP contribution is 2.22. The number of hydrogen-bond acceptors (Lipinski definition) is 2. The van der Waals surface area contributed by atoms with Gasteiger partial charge in [0, 0.05) is 0 Å². The van der Waals surface area contributed by atoms with Crippen molar-refractivity contribution < 1.29 is 9.90 Å². The van der Waals surface area contributed by atoms with Crippen LogP contribution in [0.2, 0.25) is 0 Å². The fourth-order valence-electron chi connectivity index (χ4n) is 2.05. The summed E-state index contributed by atoms with van der Waals surface area (Å²) in [7, 11) is 0. The molecule has 2 aromatic rings. The van der Waals surface area contributed by atoms with Crippen LogP contribution in [0.5, 0.6) is 0 Å². The summed E-state index contributed by atoms with van der Waals surface area (Å²) in [4.78, 5) is 11.1. The van der Waals surface area contributed by atoms with Crippen LogP contribution in [-0.4, -0.2) is 11.1 Å². The first-order chi connectivity index (χ1) is 9.22. The zero-order valence-electron chi connectivity index (χ0n) is 10.3. The van der Waals surface area contributed by atoms with E-state index in [1.54, 1.807) is 24.3 Å². The molecule has 0 saturated carbocycles. The lowest BCUT2D eigenvalue weighted by atomic mass is 9.91. The Kier molecular flexibility index (Phi) is 3.94. The Morgan fingerprint density at radius 1 is 1.11 bits per heavy atom. The highest BCUT2D eigenvalue weighted by Gasteiger charge is 2.15. The van der Waals surface area contributed by atoms with Gasteiger partial charge in [0.2, 0.25) is 0 Å². The van der Waals surface area contributed by atoms with Gasteiger partial charge < -0.3 is 5.11 Å². The van der Waals surface area contributed by atoms with E-state index in [1.165, 1.54) is 0 Å². The summed E-state index contributed by atoms with van der Waals surface area (Å²) in [6.45, 7) is 0. The molecule has 94 valence electrons. The van der Waals surface area contributed by atoms with E-state index in [2.05, 4.69) is 6.07 Å². The van der Waals surface area contributed by atoms with Crippen LogP contribution in [-0.2, 0) is 6.42 Å². The van der Waals surface area contributed by atoms with Crippen LogP contribution in [0.1, 0.15) is 27.4 Å². The number of carboxylic acid groups (broad SMARTS) is 1. The number of benzene rings is 2. The molecular weight excluding hydrogens is 238 g/mol. The monoisotopic (exact) mass is 251 g/mol. The first kappa shape index (κ1) is 12.8. The zero-order chi connectivity index (χ0) is 13.7. The summed E-state index contributed by atoms with van der Waals surface area (Å²) in [6.07, 6.45) is 0.406. The van der Waals surface area contributed by atoms with Gasteiger partial charge in [-0.25, -0.2) is 4.79 Å². The summed E-state index contributed by atoms with van der Waals surface area (Å²) in [5.74, 6) is -1.29. The normalized spacial score (nSPS) is 11.5. The number of carboxylic acids is 1. The Labute approximate surface area is 111 Å². The molecule has 0 bridgehead atoms. The minimum atomic E-state index is -0.958. The van der Waals surface area contributed by atoms with Gasteiger partial charge in [-0.1, -0.05) is 48.5 Å². The van der Waals surface area contributed by atoms with Crippen LogP contribution >= 0.6 is 0 Å². The van der Waals surface area contributed by atoms with Crippen molar-refractivity contribution in [1.29, 1.82) is 5.26 Å². The second-order valence-corrected chi connectivity index (χ2v) is 4.26. The number of aromatic carboxylic acids is 1. The summed E-state index contributed by atoms with van der Waals surface area (Å²) in [5, 5.41) is 18.4. The van der Waals surface area contributed by atoms with Gasteiger partial charge in [0.25, 0.3) is 0 Å². The molecule has 0 aliphatic rings. The molecule has 2 rings (SSSR count). The van der Waals surface area contributed by atoms with Crippen molar-refractivity contribution in [2.24, 2.45) is 0 Å². The highest BCUT2D eigenvalue weighted by molar-refractivity contribution is 5.89. The maximum atomic E-state index is 11.1. The topological polar surface area (TPSA) is 61.1 Å². The van der Waals surface area contributed by atoms with Crippen molar-refractivity contribution in [3.05, 3.63) is 71.3 Å². The first-order valence-electron chi connectivity index (χ1n) is 5.98. The summed E-state index contributed by atoms with van der Waals surface area (Å²) < 4.78 is 0. The van der Waals surface area contributed by atoms with Crippen molar-refractivity contribution in [2.75, 3.05) is 0 Å². The summed E-state index contributed by atoms with van der Waals surface area (Å²) in [6, 6.07) is 18.5. The van der Waals surface area contributed by atoms with Crippen LogP contribution in [0.3, 0.4) is 0 Å². The second-order valence-electron chi connectivity index (χ2n) is 4.26.